The van der Waals surface area contributed by atoms with Crippen LogP contribution in [-0.4, -0.2) is 9.75 Å². The number of hydrogen-bond acceptors (Lipinski definition) is 2. The van der Waals surface area contributed by atoms with Gasteiger partial charge in [0.2, 0.25) is 0 Å². The molecule has 0 aliphatic heterocycles. The molecule has 0 radical (unpaired) electrons. The average molecular weight is 286 g/mol. The maximum Gasteiger partial charge on any atom is 0.269 e. The standard InChI is InChI=1S/C12H16BrNO2/c1-3-11(9(2)13)7-10-5-4-6-12(8-10)14(15)16/h4-6,8-9,11H,3,7H2,1-2H3. The van der Waals surface area contributed by atoms with Crippen molar-refractivity contribution >= 4 is 21.6 Å². The summed E-state index contributed by atoms with van der Waals surface area (Å²) in [6, 6.07) is 6.89. The van der Waals surface area contributed by atoms with Gasteiger partial charge in [-0.1, -0.05) is 48.3 Å². The van der Waals surface area contributed by atoms with Gasteiger partial charge in [0.15, 0.2) is 0 Å². The van der Waals surface area contributed by atoms with Gasteiger partial charge < -0.3 is 0 Å². The summed E-state index contributed by atoms with van der Waals surface area (Å²) in [5, 5.41) is 10.6. The van der Waals surface area contributed by atoms with Gasteiger partial charge in [0, 0.05) is 17.0 Å². The first kappa shape index (κ1) is 13.2. The Hall–Kier alpha value is -0.900. The molecule has 1 aromatic carbocycles. The quantitative estimate of drug-likeness (QED) is 0.467. The Morgan fingerprint density at radius 3 is 2.69 bits per heavy atom. The second-order valence-corrected chi connectivity index (χ2v) is 5.42. The van der Waals surface area contributed by atoms with Crippen LogP contribution in [0.25, 0.3) is 0 Å². The minimum atomic E-state index is -0.345. The third-order valence-corrected chi connectivity index (χ3v) is 3.54. The minimum Gasteiger partial charge on any atom is -0.258 e. The molecule has 1 aromatic rings. The summed E-state index contributed by atoms with van der Waals surface area (Å²) < 4.78 is 0. The van der Waals surface area contributed by atoms with E-state index in [1.807, 2.05) is 6.07 Å². The van der Waals surface area contributed by atoms with E-state index in [4.69, 9.17) is 0 Å². The van der Waals surface area contributed by atoms with E-state index in [-0.39, 0.29) is 10.6 Å². The third kappa shape index (κ3) is 3.59. The molecule has 4 heteroatoms. The van der Waals surface area contributed by atoms with Crippen LogP contribution in [0.2, 0.25) is 0 Å². The van der Waals surface area contributed by atoms with Gasteiger partial charge >= 0.3 is 0 Å². The highest BCUT2D eigenvalue weighted by Crippen LogP contribution is 2.23. The summed E-state index contributed by atoms with van der Waals surface area (Å²) in [5.41, 5.74) is 1.21. The SMILES string of the molecule is CCC(Cc1cccc([N+](=O)[O-])c1)C(C)Br. The highest BCUT2D eigenvalue weighted by molar-refractivity contribution is 9.09. The van der Waals surface area contributed by atoms with Crippen LogP contribution in [0.4, 0.5) is 5.69 Å². The lowest BCUT2D eigenvalue weighted by molar-refractivity contribution is -0.384. The minimum absolute atomic E-state index is 0.176. The number of nitrogens with zero attached hydrogens (tertiary/aromatic N) is 1. The molecule has 0 N–H and O–H groups in total. The first-order valence-electron chi connectivity index (χ1n) is 5.42. The maximum atomic E-state index is 10.6. The molecule has 1 rings (SSSR count). The lowest BCUT2D eigenvalue weighted by atomic mass is 9.94. The number of alkyl halides is 1. The molecule has 16 heavy (non-hydrogen) atoms. The second-order valence-electron chi connectivity index (χ2n) is 3.98. The Morgan fingerprint density at radius 1 is 1.50 bits per heavy atom. The van der Waals surface area contributed by atoms with Crippen LogP contribution in [-0.2, 0) is 6.42 Å². The van der Waals surface area contributed by atoms with Crippen molar-refractivity contribution in [2.75, 3.05) is 0 Å². The lowest BCUT2D eigenvalue weighted by Crippen LogP contribution is -2.13. The number of non-ortho nitro benzene ring substituents is 1. The monoisotopic (exact) mass is 285 g/mol. The van der Waals surface area contributed by atoms with Gasteiger partial charge in [-0.25, -0.2) is 0 Å². The Labute approximate surface area is 104 Å². The third-order valence-electron chi connectivity index (χ3n) is 2.79. The van der Waals surface area contributed by atoms with E-state index in [1.54, 1.807) is 12.1 Å². The fourth-order valence-electron chi connectivity index (χ4n) is 1.73. The molecule has 0 saturated carbocycles. The van der Waals surface area contributed by atoms with Crippen molar-refractivity contribution in [3.05, 3.63) is 39.9 Å². The molecular weight excluding hydrogens is 270 g/mol. The molecule has 0 aromatic heterocycles. The second kappa shape index (κ2) is 5.99. The van der Waals surface area contributed by atoms with E-state index in [2.05, 4.69) is 29.8 Å². The van der Waals surface area contributed by atoms with E-state index in [1.165, 1.54) is 6.07 Å². The van der Waals surface area contributed by atoms with Crippen LogP contribution >= 0.6 is 15.9 Å². The molecule has 0 heterocycles. The molecule has 0 amide bonds. The van der Waals surface area contributed by atoms with Gasteiger partial charge in [-0.05, 0) is 17.9 Å². The zero-order valence-corrected chi connectivity index (χ0v) is 11.1. The predicted octanol–water partition coefficient (Wildman–Crippen LogP) is 3.95. The Kier molecular flexibility index (Phi) is 4.93. The molecule has 2 unspecified atom stereocenters. The summed E-state index contributed by atoms with van der Waals surface area (Å²) in [6.45, 7) is 4.26. The number of halogens is 1. The average Bonchev–Trinajstić information content (AvgIpc) is 2.25. The molecule has 88 valence electrons. The molecule has 3 nitrogen and oxygen atoms in total. The Balaban J connectivity index is 2.80. The summed E-state index contributed by atoms with van der Waals surface area (Å²) in [4.78, 5) is 10.7. The maximum absolute atomic E-state index is 10.6. The van der Waals surface area contributed by atoms with Crippen LogP contribution in [0.3, 0.4) is 0 Å². The largest absolute Gasteiger partial charge is 0.269 e. The predicted molar refractivity (Wildman–Crippen MR) is 69.0 cm³/mol. The summed E-state index contributed by atoms with van der Waals surface area (Å²) in [5.74, 6) is 0.516. The summed E-state index contributed by atoms with van der Waals surface area (Å²) in [6.07, 6.45) is 1.94. The van der Waals surface area contributed by atoms with Gasteiger partial charge in [-0.2, -0.15) is 0 Å². The molecule has 0 bridgehead atoms. The van der Waals surface area contributed by atoms with Gasteiger partial charge in [-0.15, -0.1) is 0 Å². The molecule has 0 saturated heterocycles. The smallest absolute Gasteiger partial charge is 0.258 e. The van der Waals surface area contributed by atoms with Crippen molar-refractivity contribution < 1.29 is 4.92 Å². The van der Waals surface area contributed by atoms with Crippen LogP contribution in [0.5, 0.6) is 0 Å². The highest BCUT2D eigenvalue weighted by Gasteiger charge is 2.14. The fourth-order valence-corrected chi connectivity index (χ4v) is 2.29. The molecule has 0 aliphatic rings. The van der Waals surface area contributed by atoms with E-state index in [0.717, 1.165) is 18.4 Å². The molecule has 0 aliphatic carbocycles. The first-order chi connectivity index (χ1) is 7.54. The zero-order valence-electron chi connectivity index (χ0n) is 9.52. The number of nitro benzene ring substituents is 1. The number of rotatable bonds is 5. The van der Waals surface area contributed by atoms with E-state index < -0.39 is 0 Å². The van der Waals surface area contributed by atoms with E-state index >= 15 is 0 Å². The Morgan fingerprint density at radius 2 is 2.19 bits per heavy atom. The van der Waals surface area contributed by atoms with Crippen LogP contribution in [0.1, 0.15) is 25.8 Å². The van der Waals surface area contributed by atoms with Gasteiger partial charge in [-0.3, -0.25) is 10.1 Å². The van der Waals surface area contributed by atoms with Crippen molar-refractivity contribution in [3.8, 4) is 0 Å². The molecular formula is C12H16BrNO2. The normalized spacial score (nSPS) is 14.4. The summed E-state index contributed by atoms with van der Waals surface area (Å²) in [7, 11) is 0. The van der Waals surface area contributed by atoms with E-state index in [0.29, 0.717) is 10.7 Å². The number of nitro groups is 1. The highest BCUT2D eigenvalue weighted by atomic mass is 79.9. The van der Waals surface area contributed by atoms with Gasteiger partial charge in [0.25, 0.3) is 5.69 Å². The van der Waals surface area contributed by atoms with Crippen molar-refractivity contribution in [2.24, 2.45) is 5.92 Å². The van der Waals surface area contributed by atoms with Crippen molar-refractivity contribution in [3.63, 3.8) is 0 Å². The van der Waals surface area contributed by atoms with Crippen molar-refractivity contribution in [1.82, 2.24) is 0 Å². The molecule has 0 fully saturated rings. The van der Waals surface area contributed by atoms with Gasteiger partial charge in [0.1, 0.15) is 0 Å². The van der Waals surface area contributed by atoms with Crippen molar-refractivity contribution in [2.45, 2.75) is 31.5 Å². The number of hydrogen-bond donors (Lipinski definition) is 0. The van der Waals surface area contributed by atoms with Crippen molar-refractivity contribution in [1.29, 1.82) is 0 Å². The zero-order chi connectivity index (χ0) is 12.1. The molecule has 0 spiro atoms. The fraction of sp³-hybridized carbons (Fsp3) is 0.500. The van der Waals surface area contributed by atoms with Crippen LogP contribution in [0, 0.1) is 16.0 Å². The Bertz CT molecular complexity index is 366. The van der Waals surface area contributed by atoms with Crippen LogP contribution < -0.4 is 0 Å². The summed E-state index contributed by atoms with van der Waals surface area (Å²) >= 11 is 3.57. The van der Waals surface area contributed by atoms with Gasteiger partial charge in [0.05, 0.1) is 4.92 Å². The lowest BCUT2D eigenvalue weighted by Gasteiger charge is -2.17. The van der Waals surface area contributed by atoms with E-state index in [9.17, 15) is 10.1 Å². The topological polar surface area (TPSA) is 43.1 Å². The van der Waals surface area contributed by atoms with Crippen LogP contribution in [0.15, 0.2) is 24.3 Å². The molecule has 2 atom stereocenters. The first-order valence-corrected chi connectivity index (χ1v) is 6.33. The number of benzene rings is 1.